The van der Waals surface area contributed by atoms with Crippen molar-refractivity contribution < 1.29 is 28.8 Å². The number of rotatable bonds is 1. The Labute approximate surface area is 100 Å². The largest absolute Gasteiger partial charge is 1.00 e. The first-order valence-corrected chi connectivity index (χ1v) is 4.51. The van der Waals surface area contributed by atoms with Gasteiger partial charge < -0.3 is 9.90 Å². The summed E-state index contributed by atoms with van der Waals surface area (Å²) < 4.78 is 0. The van der Waals surface area contributed by atoms with Crippen LogP contribution in [0.15, 0.2) is 12.1 Å². The Balaban J connectivity index is 0.000000980. The number of carbonyl (C=O) groups excluding carboxylic acids is 1. The molecule has 0 saturated heterocycles. The third-order valence-electron chi connectivity index (χ3n) is 1.40. The second-order valence-corrected chi connectivity index (χ2v) is 3.63. The number of hydrogen-bond acceptors (Lipinski definition) is 5. The Kier molecular flexibility index (Phi) is 3.51. The number of aromatic carboxylic acids is 1. The summed E-state index contributed by atoms with van der Waals surface area (Å²) in [6.45, 7) is 0. The molecular formula is C7H2ClLiN2O2S. The molecule has 0 amide bonds. The monoisotopic (exact) mass is 220 g/mol. The fourth-order valence-electron chi connectivity index (χ4n) is 0.882. The molecule has 2 rings (SSSR count). The maximum atomic E-state index is 10.4. The number of hydrogen-bond donors (Lipinski definition) is 0. The van der Waals surface area contributed by atoms with Gasteiger partial charge in [0.15, 0.2) is 0 Å². The van der Waals surface area contributed by atoms with E-state index in [4.69, 9.17) is 11.6 Å². The smallest absolute Gasteiger partial charge is 0.542 e. The first-order chi connectivity index (χ1) is 6.16. The molecule has 2 aromatic heterocycles. The molecule has 0 bridgehead atoms. The minimum absolute atomic E-state index is 0. The Morgan fingerprint density at radius 1 is 1.43 bits per heavy atom. The Hall–Kier alpha value is -0.603. The fourth-order valence-corrected chi connectivity index (χ4v) is 1.85. The van der Waals surface area contributed by atoms with Crippen LogP contribution >= 0.6 is 22.9 Å². The number of aromatic nitrogens is 2. The molecule has 0 saturated carbocycles. The Morgan fingerprint density at radius 3 is 2.79 bits per heavy atom. The molecule has 66 valence electrons. The molecule has 7 heteroatoms. The molecule has 0 radical (unpaired) electrons. The number of pyridine rings is 1. The zero-order valence-corrected chi connectivity index (χ0v) is 8.72. The van der Waals surface area contributed by atoms with Gasteiger partial charge in [-0.3, -0.25) is 0 Å². The number of halogens is 1. The van der Waals surface area contributed by atoms with E-state index in [-0.39, 0.29) is 23.9 Å². The van der Waals surface area contributed by atoms with E-state index in [1.165, 1.54) is 0 Å². The van der Waals surface area contributed by atoms with Crippen LogP contribution in [-0.2, 0) is 0 Å². The van der Waals surface area contributed by atoms with E-state index < -0.39 is 5.97 Å². The van der Waals surface area contributed by atoms with Crippen molar-refractivity contribution in [3.05, 3.63) is 22.3 Å². The van der Waals surface area contributed by atoms with Crippen molar-refractivity contribution in [2.75, 3.05) is 0 Å². The van der Waals surface area contributed by atoms with E-state index >= 15 is 0 Å². The SMILES string of the molecule is O=C([O-])c1nc2ccc(Cl)nc2s1.[Li+]. The van der Waals surface area contributed by atoms with Crippen molar-refractivity contribution in [2.45, 2.75) is 0 Å². The average Bonchev–Trinajstić information content (AvgIpc) is 2.46. The molecule has 4 nitrogen and oxygen atoms in total. The number of carboxylic acid groups (broad SMARTS) is 1. The van der Waals surface area contributed by atoms with E-state index in [1.807, 2.05) is 0 Å². The van der Waals surface area contributed by atoms with Gasteiger partial charge in [-0.1, -0.05) is 22.9 Å². The third kappa shape index (κ3) is 2.07. The van der Waals surface area contributed by atoms with Crippen LogP contribution < -0.4 is 24.0 Å². The van der Waals surface area contributed by atoms with Crippen LogP contribution in [0.25, 0.3) is 10.3 Å². The predicted octanol–water partition coefficient (Wildman–Crippen LogP) is -2.29. The maximum Gasteiger partial charge on any atom is 1.00 e. The van der Waals surface area contributed by atoms with Crippen molar-refractivity contribution in [3.63, 3.8) is 0 Å². The van der Waals surface area contributed by atoms with Gasteiger partial charge in [-0.25, -0.2) is 9.97 Å². The van der Waals surface area contributed by atoms with Gasteiger partial charge >= 0.3 is 18.9 Å². The van der Waals surface area contributed by atoms with Gasteiger partial charge in [0.25, 0.3) is 0 Å². The summed E-state index contributed by atoms with van der Waals surface area (Å²) in [5, 5.41) is 10.7. The summed E-state index contributed by atoms with van der Waals surface area (Å²) in [7, 11) is 0. The summed E-state index contributed by atoms with van der Waals surface area (Å²) in [5.41, 5.74) is 0.522. The molecule has 0 unspecified atom stereocenters. The van der Waals surface area contributed by atoms with Gasteiger partial charge in [-0.05, 0) is 12.1 Å². The topological polar surface area (TPSA) is 65.9 Å². The summed E-state index contributed by atoms with van der Waals surface area (Å²) in [4.78, 5) is 18.6. The van der Waals surface area contributed by atoms with E-state index in [0.717, 1.165) is 11.3 Å². The van der Waals surface area contributed by atoms with Crippen molar-refractivity contribution in [1.82, 2.24) is 9.97 Å². The summed E-state index contributed by atoms with van der Waals surface area (Å²) in [6, 6.07) is 3.18. The van der Waals surface area contributed by atoms with Gasteiger partial charge in [0.05, 0.1) is 0 Å². The fraction of sp³-hybridized carbons (Fsp3) is 0. The van der Waals surface area contributed by atoms with Crippen LogP contribution in [0, 0.1) is 0 Å². The van der Waals surface area contributed by atoms with Gasteiger partial charge in [0.1, 0.15) is 26.5 Å². The standard InChI is InChI=1S/C7H3ClN2O2S.Li/c8-4-2-1-3-5(10-4)13-6(9-3)7(11)12;/h1-2H,(H,11,12);/q;+1/p-1. The third-order valence-corrected chi connectivity index (χ3v) is 2.55. The Morgan fingerprint density at radius 2 is 2.14 bits per heavy atom. The maximum absolute atomic E-state index is 10.4. The first-order valence-electron chi connectivity index (χ1n) is 3.31. The van der Waals surface area contributed by atoms with Crippen LogP contribution in [0.3, 0.4) is 0 Å². The number of nitrogens with zero attached hydrogens (tertiary/aromatic N) is 2. The molecule has 0 aliphatic carbocycles. The molecule has 0 N–H and O–H groups in total. The quantitative estimate of drug-likeness (QED) is 0.401. The van der Waals surface area contributed by atoms with E-state index in [9.17, 15) is 9.90 Å². The van der Waals surface area contributed by atoms with Gasteiger partial charge in [0.2, 0.25) is 0 Å². The summed E-state index contributed by atoms with van der Waals surface area (Å²) in [5.74, 6) is -1.29. The number of carbonyl (C=O) groups is 1. The van der Waals surface area contributed by atoms with Gasteiger partial charge in [-0.15, -0.1) is 0 Å². The zero-order chi connectivity index (χ0) is 9.42. The molecular weight excluding hydrogens is 219 g/mol. The van der Waals surface area contributed by atoms with Crippen molar-refractivity contribution in [1.29, 1.82) is 0 Å². The second-order valence-electron chi connectivity index (χ2n) is 2.26. The van der Waals surface area contributed by atoms with Crippen LogP contribution in [0.1, 0.15) is 9.80 Å². The number of thiazole rings is 1. The molecule has 0 aromatic carbocycles. The molecule has 0 aliphatic rings. The minimum atomic E-state index is -1.29. The second kappa shape index (κ2) is 4.28. The molecule has 0 fully saturated rings. The summed E-state index contributed by atoms with van der Waals surface area (Å²) >= 11 is 6.56. The molecule has 0 spiro atoms. The minimum Gasteiger partial charge on any atom is -0.542 e. The van der Waals surface area contributed by atoms with Gasteiger partial charge in [0, 0.05) is 0 Å². The van der Waals surface area contributed by atoms with Crippen molar-refractivity contribution >= 4 is 39.3 Å². The van der Waals surface area contributed by atoms with E-state index in [0.29, 0.717) is 15.5 Å². The van der Waals surface area contributed by atoms with Crippen LogP contribution in [0.5, 0.6) is 0 Å². The van der Waals surface area contributed by atoms with Crippen molar-refractivity contribution in [3.8, 4) is 0 Å². The van der Waals surface area contributed by atoms with Crippen molar-refractivity contribution in [2.24, 2.45) is 0 Å². The van der Waals surface area contributed by atoms with E-state index in [1.54, 1.807) is 12.1 Å². The molecule has 2 heterocycles. The summed E-state index contributed by atoms with van der Waals surface area (Å²) in [6.07, 6.45) is 0. The van der Waals surface area contributed by atoms with Crippen LogP contribution in [-0.4, -0.2) is 15.9 Å². The molecule has 2 aromatic rings. The molecule has 0 atom stereocenters. The van der Waals surface area contributed by atoms with Gasteiger partial charge in [-0.2, -0.15) is 0 Å². The zero-order valence-electron chi connectivity index (χ0n) is 7.15. The van der Waals surface area contributed by atoms with Crippen LogP contribution in [0.4, 0.5) is 0 Å². The number of fused-ring (bicyclic) bond motifs is 1. The average molecular weight is 221 g/mol. The number of carboxylic acids is 1. The van der Waals surface area contributed by atoms with Crippen LogP contribution in [0.2, 0.25) is 5.15 Å². The first kappa shape index (κ1) is 11.5. The molecule has 0 aliphatic heterocycles. The van der Waals surface area contributed by atoms with E-state index in [2.05, 4.69) is 9.97 Å². The Bertz CT molecular complexity index is 487. The normalized spacial score (nSPS) is 9.79. The molecule has 14 heavy (non-hydrogen) atoms. The predicted molar refractivity (Wildman–Crippen MR) is 46.8 cm³/mol.